The number of carbonyl (C=O) groups excluding carboxylic acids is 2. The number of hydrogen-bond donors (Lipinski definition) is 0. The predicted molar refractivity (Wildman–Crippen MR) is 142 cm³/mol. The zero-order valence-electron chi connectivity index (χ0n) is 20.7. The second kappa shape index (κ2) is 7.58. The predicted octanol–water partition coefficient (Wildman–Crippen LogP) is 3.80. The van der Waals surface area contributed by atoms with Crippen LogP contribution in [0, 0.1) is 17.0 Å². The third kappa shape index (κ3) is 2.39. The molecule has 12 heteroatoms. The van der Waals surface area contributed by atoms with E-state index in [4.69, 9.17) is 16.1 Å². The number of halogens is 1. The number of hydrogen-bond acceptors (Lipinski definition) is 8. The number of thioether (sulfide) groups is 1. The largest absolute Gasteiger partial charge is 0.353 e. The molecule has 1 unspecified atom stereocenters. The molecule has 10 nitrogen and oxygen atoms in total. The van der Waals surface area contributed by atoms with E-state index < -0.39 is 27.8 Å². The number of amides is 2. The van der Waals surface area contributed by atoms with E-state index in [2.05, 4.69) is 10.1 Å². The van der Waals surface area contributed by atoms with Crippen LogP contribution in [0.4, 0.5) is 17.1 Å². The van der Waals surface area contributed by atoms with Crippen molar-refractivity contribution in [2.75, 3.05) is 35.5 Å². The number of likely N-dealkylation sites (N-methyl/N-ethyl adjacent to an activating group) is 2. The highest BCUT2D eigenvalue weighted by Gasteiger charge is 2.82. The van der Waals surface area contributed by atoms with Gasteiger partial charge in [0.05, 0.1) is 10.8 Å². The van der Waals surface area contributed by atoms with Crippen LogP contribution in [-0.4, -0.2) is 58.6 Å². The number of nitro groups is 1. The molecule has 0 saturated carbocycles. The summed E-state index contributed by atoms with van der Waals surface area (Å²) >= 11 is 8.18. The Morgan fingerprint density at radius 1 is 1.11 bits per heavy atom. The molecule has 0 radical (unpaired) electrons. The average Bonchev–Trinajstić information content (AvgIpc) is 3.66. The molecular weight excluding hydrogens is 530 g/mol. The molecule has 7 rings (SSSR count). The monoisotopic (exact) mass is 551 g/mol. The van der Waals surface area contributed by atoms with Gasteiger partial charge in [-0.05, 0) is 36.8 Å². The Balaban J connectivity index is 1.69. The molecule has 4 aliphatic rings. The molecule has 0 N–H and O–H groups in total. The maximum atomic E-state index is 14.9. The Hall–Kier alpha value is -3.41. The van der Waals surface area contributed by atoms with E-state index in [9.17, 15) is 19.7 Å². The van der Waals surface area contributed by atoms with Gasteiger partial charge in [-0.2, -0.15) is 0 Å². The summed E-state index contributed by atoms with van der Waals surface area (Å²) in [4.78, 5) is 46.6. The number of anilines is 2. The van der Waals surface area contributed by atoms with Gasteiger partial charge >= 0.3 is 5.69 Å². The molecule has 4 atom stereocenters. The minimum absolute atomic E-state index is 0.0104. The summed E-state index contributed by atoms with van der Waals surface area (Å²) in [7, 11) is 3.38. The molecule has 4 aliphatic heterocycles. The van der Waals surface area contributed by atoms with E-state index in [0.29, 0.717) is 39.2 Å². The van der Waals surface area contributed by atoms with Crippen LogP contribution in [0.1, 0.15) is 28.5 Å². The number of fused-ring (bicyclic) bond motifs is 7. The molecule has 2 spiro atoms. The van der Waals surface area contributed by atoms with Crippen LogP contribution in [0.15, 0.2) is 47.0 Å². The second-order valence-corrected chi connectivity index (χ2v) is 11.6. The number of para-hydroxylation sites is 1. The van der Waals surface area contributed by atoms with Gasteiger partial charge in [0.2, 0.25) is 11.7 Å². The van der Waals surface area contributed by atoms with Crippen molar-refractivity contribution in [2.24, 2.45) is 0 Å². The van der Waals surface area contributed by atoms with Crippen molar-refractivity contribution >= 4 is 52.2 Å². The Kier molecular flexibility index (Phi) is 4.73. The van der Waals surface area contributed by atoms with Gasteiger partial charge < -0.3 is 14.3 Å². The van der Waals surface area contributed by atoms with Crippen LogP contribution in [0.5, 0.6) is 0 Å². The summed E-state index contributed by atoms with van der Waals surface area (Å²) < 4.78 is 5.76. The van der Waals surface area contributed by atoms with Crippen LogP contribution in [0.25, 0.3) is 0 Å². The minimum Gasteiger partial charge on any atom is -0.353 e. The summed E-state index contributed by atoms with van der Waals surface area (Å²) in [5, 5.41) is 16.7. The molecule has 2 aromatic carbocycles. The first-order valence-electron chi connectivity index (χ1n) is 12.1. The molecule has 0 aliphatic carbocycles. The van der Waals surface area contributed by atoms with Crippen LogP contribution < -0.4 is 9.80 Å². The zero-order valence-corrected chi connectivity index (χ0v) is 22.2. The molecule has 5 heterocycles. The highest BCUT2D eigenvalue weighted by molar-refractivity contribution is 7.99. The Morgan fingerprint density at radius 2 is 1.82 bits per heavy atom. The van der Waals surface area contributed by atoms with Gasteiger partial charge in [-0.25, -0.2) is 0 Å². The van der Waals surface area contributed by atoms with E-state index in [1.165, 1.54) is 6.92 Å². The van der Waals surface area contributed by atoms with Crippen LogP contribution in [0.2, 0.25) is 5.02 Å². The third-order valence-electron chi connectivity index (χ3n) is 8.75. The van der Waals surface area contributed by atoms with Gasteiger partial charge in [-0.1, -0.05) is 35.0 Å². The topological polar surface area (TPSA) is 113 Å². The van der Waals surface area contributed by atoms with E-state index in [-0.39, 0.29) is 29.0 Å². The molecule has 1 aromatic heterocycles. The number of benzene rings is 2. The summed E-state index contributed by atoms with van der Waals surface area (Å²) in [5.41, 5.74) is -0.659. The first kappa shape index (κ1) is 23.7. The van der Waals surface area contributed by atoms with Crippen molar-refractivity contribution in [3.8, 4) is 0 Å². The average molecular weight is 552 g/mol. The molecule has 3 aromatic rings. The molecule has 2 fully saturated rings. The van der Waals surface area contributed by atoms with E-state index in [1.54, 1.807) is 53.9 Å². The molecule has 194 valence electrons. The van der Waals surface area contributed by atoms with Gasteiger partial charge in [0.15, 0.2) is 5.69 Å². The third-order valence-corrected chi connectivity index (χ3v) is 10.0. The molecular formula is C26H22ClN5O5S. The minimum atomic E-state index is -1.59. The first-order valence-corrected chi connectivity index (χ1v) is 13.6. The van der Waals surface area contributed by atoms with Crippen LogP contribution in [-0.2, 0) is 20.5 Å². The van der Waals surface area contributed by atoms with Crippen LogP contribution in [0.3, 0.4) is 0 Å². The van der Waals surface area contributed by atoms with Gasteiger partial charge in [0, 0.05) is 53.7 Å². The van der Waals surface area contributed by atoms with Crippen molar-refractivity contribution in [1.29, 1.82) is 0 Å². The lowest BCUT2D eigenvalue weighted by Crippen LogP contribution is -2.63. The normalized spacial score (nSPS) is 29.6. The number of aryl methyl sites for hydroxylation is 1. The molecule has 2 amide bonds. The first-order chi connectivity index (χ1) is 18.2. The highest BCUT2D eigenvalue weighted by atomic mass is 35.5. The second-order valence-electron chi connectivity index (χ2n) is 10.2. The Morgan fingerprint density at radius 3 is 2.58 bits per heavy atom. The summed E-state index contributed by atoms with van der Waals surface area (Å²) in [6.07, 6.45) is 0. The van der Waals surface area contributed by atoms with Gasteiger partial charge in [0.25, 0.3) is 5.91 Å². The number of aromatic nitrogens is 1. The van der Waals surface area contributed by atoms with Gasteiger partial charge in [0.1, 0.15) is 11.0 Å². The number of rotatable bonds is 2. The lowest BCUT2D eigenvalue weighted by atomic mass is 9.58. The number of nitrogens with zero attached hydrogens (tertiary/aromatic N) is 5. The molecule has 2 saturated heterocycles. The summed E-state index contributed by atoms with van der Waals surface area (Å²) in [5.74, 6) is -0.446. The summed E-state index contributed by atoms with van der Waals surface area (Å²) in [6.45, 7) is 1.51. The van der Waals surface area contributed by atoms with E-state index >= 15 is 0 Å². The van der Waals surface area contributed by atoms with Crippen molar-refractivity contribution in [3.63, 3.8) is 0 Å². The van der Waals surface area contributed by atoms with Crippen molar-refractivity contribution in [1.82, 2.24) is 10.1 Å². The maximum Gasteiger partial charge on any atom is 0.334 e. The standard InChI is InChI=1S/C26H22ClN5O5S/c1-13-21(32(35)36)22(37-28-13)20-19-11-38-12-31(19)26(15-6-4-5-7-17(15)30(3)24(26)34)25(20)16-10-14(27)8-9-18(16)29(2)23(25)33/h4-10,19-20H,11-12H2,1-3H3/t19?,20-,25+,26+/m0/s1. The fourth-order valence-corrected chi connectivity index (χ4v) is 8.93. The van der Waals surface area contributed by atoms with Crippen molar-refractivity contribution in [3.05, 3.63) is 80.2 Å². The molecule has 0 bridgehead atoms. The highest BCUT2D eigenvalue weighted by Crippen LogP contribution is 2.72. The Labute approximate surface area is 226 Å². The SMILES string of the molecule is Cc1noc([C@@H]2C3CSCN3[C@]3(C(=O)N(C)c4ccccc43)[C@@]23C(=O)N(C)c2ccc(Cl)cc23)c1[N+](=O)[O-]. The quantitative estimate of drug-likeness (QED) is 0.349. The van der Waals surface area contributed by atoms with Crippen molar-refractivity contribution < 1.29 is 19.0 Å². The summed E-state index contributed by atoms with van der Waals surface area (Å²) in [6, 6.07) is 12.2. The lowest BCUT2D eigenvalue weighted by Gasteiger charge is -2.44. The van der Waals surface area contributed by atoms with Crippen molar-refractivity contribution in [2.45, 2.75) is 29.8 Å². The Bertz CT molecular complexity index is 1590. The van der Waals surface area contributed by atoms with Gasteiger partial charge in [-0.15, -0.1) is 11.8 Å². The maximum absolute atomic E-state index is 14.9. The van der Waals surface area contributed by atoms with Gasteiger partial charge in [-0.3, -0.25) is 24.6 Å². The zero-order chi connectivity index (χ0) is 26.7. The van der Waals surface area contributed by atoms with E-state index in [0.717, 1.165) is 0 Å². The van der Waals surface area contributed by atoms with E-state index in [1.807, 2.05) is 24.3 Å². The van der Waals surface area contributed by atoms with Crippen LogP contribution >= 0.6 is 23.4 Å². The smallest absolute Gasteiger partial charge is 0.334 e. The lowest BCUT2D eigenvalue weighted by molar-refractivity contribution is -0.386. The fraction of sp³-hybridized carbons (Fsp3) is 0.346. The fourth-order valence-electron chi connectivity index (χ4n) is 7.45. The molecule has 38 heavy (non-hydrogen) atoms. The number of carbonyl (C=O) groups is 2.